The highest BCUT2D eigenvalue weighted by molar-refractivity contribution is 5.99. The second-order valence-electron chi connectivity index (χ2n) is 16.3. The Kier molecular flexibility index (Phi) is 18.6. The van der Waals surface area contributed by atoms with Crippen LogP contribution in [0.25, 0.3) is 0 Å². The Morgan fingerprint density at radius 1 is 0.812 bits per heavy atom. The number of aromatic nitrogens is 2. The van der Waals surface area contributed by atoms with Gasteiger partial charge in [0.25, 0.3) is 0 Å². The van der Waals surface area contributed by atoms with E-state index in [1.165, 1.54) is 17.4 Å². The Morgan fingerprint density at radius 3 is 2.02 bits per heavy atom. The van der Waals surface area contributed by atoms with Gasteiger partial charge in [0.2, 0.25) is 53.2 Å². The zero-order valence-electron chi connectivity index (χ0n) is 36.0. The number of hydrogen-bond donors (Lipinski definition) is 11. The molecule has 2 aliphatic heterocycles. The summed E-state index contributed by atoms with van der Waals surface area (Å²) in [6.45, 7) is 4.05. The first kappa shape index (κ1) is 49.6. The fourth-order valence-electron chi connectivity index (χ4n) is 7.46. The van der Waals surface area contributed by atoms with E-state index in [1.807, 2.05) is 13.8 Å². The zero-order chi connectivity index (χ0) is 46.9. The third-order valence-electron chi connectivity index (χ3n) is 10.6. The molecule has 0 aliphatic carbocycles. The van der Waals surface area contributed by atoms with E-state index in [0.29, 0.717) is 24.1 Å². The Labute approximate surface area is 369 Å². The summed E-state index contributed by atoms with van der Waals surface area (Å²) in [5, 5.41) is 15.7. The van der Waals surface area contributed by atoms with Gasteiger partial charge in [0.05, 0.1) is 12.7 Å². The third kappa shape index (κ3) is 15.4. The van der Waals surface area contributed by atoms with Crippen LogP contribution in [0.4, 0.5) is 0 Å². The number of amides is 9. The molecule has 3 heterocycles. The Hall–Kier alpha value is -7.07. The van der Waals surface area contributed by atoms with Crippen molar-refractivity contribution in [2.24, 2.45) is 33.8 Å². The van der Waals surface area contributed by atoms with Gasteiger partial charge in [-0.25, -0.2) is 4.98 Å². The van der Waals surface area contributed by atoms with E-state index in [2.05, 4.69) is 46.9 Å². The molecule has 0 saturated carbocycles. The maximum absolute atomic E-state index is 14.3. The lowest BCUT2D eigenvalue weighted by Crippen LogP contribution is -2.60. The predicted molar refractivity (Wildman–Crippen MR) is 230 cm³/mol. The number of nitrogens with zero attached hydrogens (tertiary/aromatic N) is 3. The van der Waals surface area contributed by atoms with Gasteiger partial charge >= 0.3 is 0 Å². The summed E-state index contributed by atoms with van der Waals surface area (Å²) in [6.07, 6.45) is 3.56. The van der Waals surface area contributed by atoms with Gasteiger partial charge in [0.1, 0.15) is 42.3 Å². The lowest BCUT2D eigenvalue weighted by molar-refractivity contribution is -0.141. The molecule has 2 aliphatic rings. The van der Waals surface area contributed by atoms with Crippen molar-refractivity contribution in [3.63, 3.8) is 0 Å². The second kappa shape index (κ2) is 24.0. The minimum absolute atomic E-state index is 0.0832. The fourth-order valence-corrected chi connectivity index (χ4v) is 7.46. The van der Waals surface area contributed by atoms with Crippen molar-refractivity contribution in [1.82, 2.24) is 46.8 Å². The Balaban J connectivity index is 1.58. The highest BCUT2D eigenvalue weighted by Gasteiger charge is 2.39. The average molecular weight is 893 g/mol. The van der Waals surface area contributed by atoms with Crippen LogP contribution in [0.5, 0.6) is 0 Å². The largest absolute Gasteiger partial charge is 0.370 e. The van der Waals surface area contributed by atoms with Crippen molar-refractivity contribution in [1.29, 1.82) is 0 Å². The van der Waals surface area contributed by atoms with E-state index in [1.54, 1.807) is 30.3 Å². The van der Waals surface area contributed by atoms with Crippen LogP contribution in [0.2, 0.25) is 0 Å². The van der Waals surface area contributed by atoms with Crippen LogP contribution in [0, 0.1) is 5.92 Å². The standard InChI is InChI=1S/C41H60N14O9/c1-22(2)16-27(36(60)50-26(10-6-14-47-41(44)45)40(64)55-15-7-11-31(55)34(43)58)51-38(62)29(18-24-20-46-21-48-24)53-37(61)28(17-23-8-4-3-5-9-23)52-39(63)30(19-32(42)56)54-35(59)25-12-13-33(57)49-25/h3-5,8-9,20-22,25-31H,6-7,10-19H2,1-2H3,(H2,42,56)(H2,43,58)(H,46,48)(H,49,57)(H,50,60)(H,51,62)(H,52,63)(H,53,61)(H,54,59)(H4,44,45,47). The van der Waals surface area contributed by atoms with Gasteiger partial charge in [-0.15, -0.1) is 0 Å². The second-order valence-corrected chi connectivity index (χ2v) is 16.3. The number of benzene rings is 1. The number of carbonyl (C=O) groups excluding carboxylic acids is 9. The van der Waals surface area contributed by atoms with Crippen LogP contribution in [-0.2, 0) is 56.0 Å². The number of imidazole rings is 1. The monoisotopic (exact) mass is 892 g/mol. The van der Waals surface area contributed by atoms with E-state index in [9.17, 15) is 43.2 Å². The van der Waals surface area contributed by atoms with Crippen molar-refractivity contribution in [2.75, 3.05) is 13.1 Å². The number of nitrogens with one attached hydrogen (secondary N) is 7. The van der Waals surface area contributed by atoms with Crippen LogP contribution < -0.4 is 54.8 Å². The molecule has 23 heteroatoms. The summed E-state index contributed by atoms with van der Waals surface area (Å²) in [6, 6.07) is 0.143. The number of aliphatic imine (C=N–C) groups is 1. The van der Waals surface area contributed by atoms with Gasteiger partial charge in [-0.05, 0) is 50.0 Å². The van der Waals surface area contributed by atoms with Crippen molar-refractivity contribution < 1.29 is 43.2 Å². The van der Waals surface area contributed by atoms with Crippen LogP contribution in [-0.4, -0.2) is 129 Å². The van der Waals surface area contributed by atoms with Crippen LogP contribution in [0.1, 0.15) is 76.5 Å². The molecule has 2 aromatic rings. The predicted octanol–water partition coefficient (Wildman–Crippen LogP) is -3.65. The number of H-pyrrole nitrogens is 1. The van der Waals surface area contributed by atoms with E-state index < -0.39 is 96.0 Å². The van der Waals surface area contributed by atoms with E-state index in [0.717, 1.165) is 0 Å². The van der Waals surface area contributed by atoms with Crippen molar-refractivity contribution in [3.8, 4) is 0 Å². The first-order valence-electron chi connectivity index (χ1n) is 21.2. The molecule has 0 bridgehead atoms. The maximum Gasteiger partial charge on any atom is 0.245 e. The molecule has 2 fully saturated rings. The van der Waals surface area contributed by atoms with Crippen LogP contribution in [0.15, 0.2) is 47.8 Å². The van der Waals surface area contributed by atoms with Crippen molar-refractivity contribution in [2.45, 2.75) is 120 Å². The van der Waals surface area contributed by atoms with Crippen molar-refractivity contribution in [3.05, 3.63) is 54.1 Å². The summed E-state index contributed by atoms with van der Waals surface area (Å²) in [7, 11) is 0. The minimum Gasteiger partial charge on any atom is -0.370 e. The molecule has 64 heavy (non-hydrogen) atoms. The van der Waals surface area contributed by atoms with E-state index >= 15 is 0 Å². The number of nitrogens with two attached hydrogens (primary N) is 4. The highest BCUT2D eigenvalue weighted by Crippen LogP contribution is 2.20. The SMILES string of the molecule is CC(C)CC(NC(=O)C(Cc1cnc[nH]1)NC(=O)C(Cc1ccccc1)NC(=O)C(CC(N)=O)NC(=O)C1CCC(=O)N1)C(=O)NC(CCCN=C(N)N)C(=O)N1CCCC1C(N)=O. The highest BCUT2D eigenvalue weighted by atomic mass is 16.2. The van der Waals surface area contributed by atoms with Crippen LogP contribution in [0.3, 0.4) is 0 Å². The maximum atomic E-state index is 14.3. The molecule has 1 aromatic heterocycles. The molecule has 0 spiro atoms. The molecule has 2 saturated heterocycles. The summed E-state index contributed by atoms with van der Waals surface area (Å²) in [5.41, 5.74) is 23.0. The molecule has 15 N–H and O–H groups in total. The summed E-state index contributed by atoms with van der Waals surface area (Å²) >= 11 is 0. The average Bonchev–Trinajstić information content (AvgIpc) is 4.04. The quantitative estimate of drug-likeness (QED) is 0.0276. The number of aromatic amines is 1. The Bertz CT molecular complexity index is 2010. The van der Waals surface area contributed by atoms with Gasteiger partial charge in [-0.2, -0.15) is 0 Å². The van der Waals surface area contributed by atoms with E-state index in [-0.39, 0.29) is 75.8 Å². The molecule has 1 aromatic carbocycles. The molecule has 7 unspecified atom stereocenters. The first-order valence-corrected chi connectivity index (χ1v) is 21.2. The zero-order valence-corrected chi connectivity index (χ0v) is 36.0. The smallest absolute Gasteiger partial charge is 0.245 e. The van der Waals surface area contributed by atoms with Crippen molar-refractivity contribution >= 4 is 59.1 Å². The molecule has 0 radical (unpaired) electrons. The topological polar surface area (TPSA) is 374 Å². The normalized spacial score (nSPS) is 18.0. The van der Waals surface area contributed by atoms with Gasteiger partial charge in [-0.3, -0.25) is 48.1 Å². The number of carbonyl (C=O) groups is 9. The van der Waals surface area contributed by atoms with Gasteiger partial charge in [0, 0.05) is 44.2 Å². The molecule has 7 atom stereocenters. The lowest BCUT2D eigenvalue weighted by Gasteiger charge is -2.30. The third-order valence-corrected chi connectivity index (χ3v) is 10.6. The minimum atomic E-state index is -1.53. The van der Waals surface area contributed by atoms with Gasteiger partial charge in [0.15, 0.2) is 5.96 Å². The molecule has 4 rings (SSSR count). The number of hydrogen-bond acceptors (Lipinski definition) is 11. The summed E-state index contributed by atoms with van der Waals surface area (Å²) < 4.78 is 0. The molecule has 9 amide bonds. The first-order chi connectivity index (χ1) is 30.4. The van der Waals surface area contributed by atoms with Gasteiger partial charge in [-0.1, -0.05) is 44.2 Å². The number of primary amides is 2. The molecular formula is C41H60N14O9. The lowest BCUT2D eigenvalue weighted by atomic mass is 10.0. The molecule has 23 nitrogen and oxygen atoms in total. The summed E-state index contributed by atoms with van der Waals surface area (Å²) in [4.78, 5) is 132. The van der Waals surface area contributed by atoms with E-state index in [4.69, 9.17) is 22.9 Å². The number of rotatable bonds is 24. The number of guanidine groups is 1. The van der Waals surface area contributed by atoms with Crippen LogP contribution >= 0.6 is 0 Å². The van der Waals surface area contributed by atoms with Gasteiger partial charge < -0.3 is 64.7 Å². The number of likely N-dealkylation sites (tertiary alicyclic amines) is 1. The Morgan fingerprint density at radius 2 is 1.44 bits per heavy atom. The fraction of sp³-hybridized carbons (Fsp3) is 0.537. The summed E-state index contributed by atoms with van der Waals surface area (Å²) in [5.74, 6) is -6.81. The molecular weight excluding hydrogens is 833 g/mol. The molecule has 348 valence electrons.